The molecule has 1 aliphatic carbocycles. The number of aryl methyl sites for hydroxylation is 1. The van der Waals surface area contributed by atoms with E-state index in [0.29, 0.717) is 54.6 Å². The van der Waals surface area contributed by atoms with Crippen LogP contribution in [0.1, 0.15) is 73.8 Å². The number of carbonyl (C=O) groups excluding carboxylic acids is 1. The minimum absolute atomic E-state index is 0.0544. The quantitative estimate of drug-likeness (QED) is 0.309. The van der Waals surface area contributed by atoms with Crippen molar-refractivity contribution in [1.29, 1.82) is 0 Å². The number of pyridine rings is 1. The lowest BCUT2D eigenvalue weighted by molar-refractivity contribution is -0.141. The molecule has 0 radical (unpaired) electrons. The molecule has 0 spiro atoms. The zero-order valence-electron chi connectivity index (χ0n) is 22.5. The molecule has 2 aliphatic rings. The number of methoxy groups -OCH3 is 1. The number of aliphatic hydroxyl groups is 1. The van der Waals surface area contributed by atoms with E-state index in [2.05, 4.69) is 4.98 Å². The summed E-state index contributed by atoms with van der Waals surface area (Å²) >= 11 is 0. The summed E-state index contributed by atoms with van der Waals surface area (Å²) in [6.45, 7) is 4.03. The van der Waals surface area contributed by atoms with Crippen LogP contribution in [0.5, 0.6) is 23.1 Å². The van der Waals surface area contributed by atoms with Crippen molar-refractivity contribution < 1.29 is 33.2 Å². The standard InChI is InChI=1S/C31H34FNO6/c1-31(2,35)14-4-5-19-6-13-28(33-17-19)39-25-12-10-24(32)30-23(25)9-11-26(30)38-21-7-8-22-20(15-29(34)36-3)18-37-27(22)16-21/h6-8,10,12-13,16-17,20,26,35H,4-5,9,11,14-15,18H2,1-3H3. The second kappa shape index (κ2) is 11.2. The lowest BCUT2D eigenvalue weighted by atomic mass is 9.98. The van der Waals surface area contributed by atoms with E-state index in [9.17, 15) is 9.90 Å². The van der Waals surface area contributed by atoms with E-state index in [4.69, 9.17) is 18.9 Å². The van der Waals surface area contributed by atoms with Crippen molar-refractivity contribution in [3.05, 3.63) is 76.7 Å². The third-order valence-corrected chi connectivity index (χ3v) is 7.29. The number of nitrogens with zero attached hydrogens (tertiary/aromatic N) is 1. The second-order valence-corrected chi connectivity index (χ2v) is 10.8. The van der Waals surface area contributed by atoms with Crippen molar-refractivity contribution in [3.8, 4) is 23.1 Å². The normalized spacial score (nSPS) is 17.8. The Kier molecular flexibility index (Phi) is 7.75. The highest BCUT2D eigenvalue weighted by Gasteiger charge is 2.32. The molecule has 2 heterocycles. The van der Waals surface area contributed by atoms with Gasteiger partial charge in [-0.3, -0.25) is 4.79 Å². The van der Waals surface area contributed by atoms with Gasteiger partial charge in [0.05, 0.1) is 25.7 Å². The first-order valence-corrected chi connectivity index (χ1v) is 13.4. The van der Waals surface area contributed by atoms with Gasteiger partial charge in [0.2, 0.25) is 5.88 Å². The molecule has 1 aromatic heterocycles. The first-order valence-electron chi connectivity index (χ1n) is 13.4. The molecular weight excluding hydrogens is 501 g/mol. The molecular formula is C31H34FNO6. The Morgan fingerprint density at radius 1 is 1.21 bits per heavy atom. The SMILES string of the molecule is COC(=O)CC1COc2cc(OC3CCc4c(Oc5ccc(CCCC(C)(C)O)cn5)ccc(F)c43)ccc21. The molecule has 0 bridgehead atoms. The van der Waals surface area contributed by atoms with Gasteiger partial charge in [-0.25, -0.2) is 9.37 Å². The number of fused-ring (bicyclic) bond motifs is 2. The Hall–Kier alpha value is -3.65. The maximum atomic E-state index is 15.0. The van der Waals surface area contributed by atoms with E-state index in [0.717, 1.165) is 29.5 Å². The van der Waals surface area contributed by atoms with Gasteiger partial charge >= 0.3 is 5.97 Å². The van der Waals surface area contributed by atoms with Crippen molar-refractivity contribution in [2.45, 2.75) is 70.0 Å². The van der Waals surface area contributed by atoms with Crippen LogP contribution in [0.25, 0.3) is 0 Å². The van der Waals surface area contributed by atoms with Gasteiger partial charge in [-0.15, -0.1) is 0 Å². The highest BCUT2D eigenvalue weighted by Crippen LogP contribution is 2.44. The first kappa shape index (κ1) is 26.9. The van der Waals surface area contributed by atoms with Crippen molar-refractivity contribution in [1.82, 2.24) is 4.98 Å². The summed E-state index contributed by atoms with van der Waals surface area (Å²) in [5.74, 6) is 1.61. The average molecular weight is 536 g/mol. The van der Waals surface area contributed by atoms with Gasteiger partial charge in [-0.05, 0) is 69.7 Å². The molecule has 0 fully saturated rings. The van der Waals surface area contributed by atoms with Gasteiger partial charge < -0.3 is 24.1 Å². The Morgan fingerprint density at radius 2 is 2.05 bits per heavy atom. The lowest BCUT2D eigenvalue weighted by Gasteiger charge is -2.17. The number of benzene rings is 2. The summed E-state index contributed by atoms with van der Waals surface area (Å²) in [4.78, 5) is 16.1. The van der Waals surface area contributed by atoms with E-state index in [1.807, 2.05) is 38.1 Å². The zero-order chi connectivity index (χ0) is 27.6. The molecule has 2 unspecified atom stereocenters. The molecule has 2 atom stereocenters. The summed E-state index contributed by atoms with van der Waals surface area (Å²) < 4.78 is 37.9. The second-order valence-electron chi connectivity index (χ2n) is 10.8. The predicted molar refractivity (Wildman–Crippen MR) is 143 cm³/mol. The van der Waals surface area contributed by atoms with Crippen LogP contribution in [-0.2, 0) is 22.4 Å². The summed E-state index contributed by atoms with van der Waals surface area (Å²) in [5.41, 5.74) is 2.62. The van der Waals surface area contributed by atoms with Gasteiger partial charge in [-0.1, -0.05) is 12.1 Å². The van der Waals surface area contributed by atoms with E-state index in [1.165, 1.54) is 13.2 Å². The Bertz CT molecular complexity index is 1330. The molecule has 206 valence electrons. The number of hydrogen-bond acceptors (Lipinski definition) is 7. The smallest absolute Gasteiger partial charge is 0.306 e. The molecule has 1 aliphatic heterocycles. The Morgan fingerprint density at radius 3 is 2.79 bits per heavy atom. The van der Waals surface area contributed by atoms with Crippen molar-refractivity contribution in [3.63, 3.8) is 0 Å². The van der Waals surface area contributed by atoms with Crippen molar-refractivity contribution >= 4 is 5.97 Å². The fraction of sp³-hybridized carbons (Fsp3) is 0.419. The monoisotopic (exact) mass is 535 g/mol. The van der Waals surface area contributed by atoms with Crippen LogP contribution in [-0.4, -0.2) is 35.4 Å². The summed E-state index contributed by atoms with van der Waals surface area (Å²) in [7, 11) is 1.38. The van der Waals surface area contributed by atoms with Gasteiger partial charge in [0.25, 0.3) is 0 Å². The third-order valence-electron chi connectivity index (χ3n) is 7.29. The highest BCUT2D eigenvalue weighted by atomic mass is 19.1. The molecule has 3 aromatic rings. The number of ether oxygens (including phenoxy) is 4. The third kappa shape index (κ3) is 6.33. The van der Waals surface area contributed by atoms with Crippen LogP contribution >= 0.6 is 0 Å². The van der Waals surface area contributed by atoms with Gasteiger partial charge in [-0.2, -0.15) is 0 Å². The number of carbonyl (C=O) groups is 1. The minimum atomic E-state index is -0.676. The van der Waals surface area contributed by atoms with Crippen LogP contribution in [0, 0.1) is 5.82 Å². The summed E-state index contributed by atoms with van der Waals surface area (Å²) in [6.07, 6.45) is 5.21. The van der Waals surface area contributed by atoms with E-state index in [-0.39, 0.29) is 24.1 Å². The highest BCUT2D eigenvalue weighted by molar-refractivity contribution is 5.71. The minimum Gasteiger partial charge on any atom is -0.492 e. The number of halogens is 1. The molecule has 0 saturated heterocycles. The molecule has 7 nitrogen and oxygen atoms in total. The van der Waals surface area contributed by atoms with Gasteiger partial charge in [0.15, 0.2) is 0 Å². The molecule has 1 N–H and O–H groups in total. The Balaban J connectivity index is 1.26. The zero-order valence-corrected chi connectivity index (χ0v) is 22.5. The largest absolute Gasteiger partial charge is 0.492 e. The summed E-state index contributed by atoms with van der Waals surface area (Å²) in [5, 5.41) is 9.89. The maximum Gasteiger partial charge on any atom is 0.306 e. The first-order chi connectivity index (χ1) is 18.7. The Labute approximate surface area is 227 Å². The molecule has 5 rings (SSSR count). The van der Waals surface area contributed by atoms with Crippen molar-refractivity contribution in [2.75, 3.05) is 13.7 Å². The molecule has 0 amide bonds. The molecule has 8 heteroatoms. The van der Waals surface area contributed by atoms with E-state index >= 15 is 4.39 Å². The number of aromatic nitrogens is 1. The molecule has 39 heavy (non-hydrogen) atoms. The maximum absolute atomic E-state index is 15.0. The van der Waals surface area contributed by atoms with Crippen molar-refractivity contribution in [2.24, 2.45) is 0 Å². The van der Waals surface area contributed by atoms with Crippen LogP contribution in [0.2, 0.25) is 0 Å². The van der Waals surface area contributed by atoms with Crippen LogP contribution in [0.15, 0.2) is 48.7 Å². The topological polar surface area (TPSA) is 87.1 Å². The number of esters is 1. The fourth-order valence-electron chi connectivity index (χ4n) is 5.26. The lowest BCUT2D eigenvalue weighted by Crippen LogP contribution is -2.18. The number of rotatable bonds is 10. The van der Waals surface area contributed by atoms with Gasteiger partial charge in [0.1, 0.15) is 29.2 Å². The molecule has 2 aromatic carbocycles. The van der Waals surface area contributed by atoms with E-state index < -0.39 is 11.7 Å². The van der Waals surface area contributed by atoms with Crippen LogP contribution < -0.4 is 14.2 Å². The van der Waals surface area contributed by atoms with Gasteiger partial charge in [0, 0.05) is 40.9 Å². The average Bonchev–Trinajstić information content (AvgIpc) is 3.50. The summed E-state index contributed by atoms with van der Waals surface area (Å²) in [6, 6.07) is 12.4. The number of hydrogen-bond donors (Lipinski definition) is 1. The van der Waals surface area contributed by atoms with E-state index in [1.54, 1.807) is 18.3 Å². The fourth-order valence-corrected chi connectivity index (χ4v) is 5.26. The van der Waals surface area contributed by atoms with Crippen LogP contribution in [0.4, 0.5) is 4.39 Å². The molecule has 0 saturated carbocycles. The van der Waals surface area contributed by atoms with Crippen LogP contribution in [0.3, 0.4) is 0 Å². The predicted octanol–water partition coefficient (Wildman–Crippen LogP) is 6.21.